The first-order valence-electron chi connectivity index (χ1n) is 5.66. The lowest BCUT2D eigenvalue weighted by Gasteiger charge is -2.13. The van der Waals surface area contributed by atoms with Crippen molar-refractivity contribution in [2.75, 3.05) is 4.72 Å². The Kier molecular flexibility index (Phi) is 4.07. The van der Waals surface area contributed by atoms with Crippen molar-refractivity contribution in [2.24, 2.45) is 0 Å². The Morgan fingerprint density at radius 3 is 2.58 bits per heavy atom. The van der Waals surface area contributed by atoms with E-state index in [0.29, 0.717) is 5.69 Å². The number of para-hydroxylation sites is 1. The van der Waals surface area contributed by atoms with E-state index in [0.717, 1.165) is 5.56 Å². The van der Waals surface area contributed by atoms with Gasteiger partial charge in [-0.1, -0.05) is 18.2 Å². The second-order valence-electron chi connectivity index (χ2n) is 4.00. The first-order chi connectivity index (χ1) is 9.00. The van der Waals surface area contributed by atoms with Gasteiger partial charge in [0.1, 0.15) is 4.90 Å². The molecule has 2 rings (SSSR count). The molecule has 0 saturated heterocycles. The van der Waals surface area contributed by atoms with Gasteiger partial charge in [0, 0.05) is 12.4 Å². The molecular weight excluding hydrogens is 284 g/mol. The summed E-state index contributed by atoms with van der Waals surface area (Å²) < 4.78 is 26.9. The van der Waals surface area contributed by atoms with Gasteiger partial charge in [0.05, 0.1) is 11.1 Å². The molecule has 4 nitrogen and oxygen atoms in total. The number of anilines is 1. The van der Waals surface area contributed by atoms with Gasteiger partial charge in [0.15, 0.2) is 0 Å². The molecule has 100 valence electrons. The first kappa shape index (κ1) is 13.8. The highest BCUT2D eigenvalue weighted by Gasteiger charge is 2.17. The Bertz CT molecular complexity index is 657. The summed E-state index contributed by atoms with van der Waals surface area (Å²) in [6.07, 6.45) is 2.82. The molecule has 0 fully saturated rings. The number of halogens is 1. The molecule has 0 amide bonds. The molecule has 1 aromatic carbocycles. The van der Waals surface area contributed by atoms with Crippen molar-refractivity contribution in [2.45, 2.75) is 17.2 Å². The standard InChI is InChI=1S/C13H13ClN2O2S/c1-10(14)12-6-2-3-7-13(12)16-19(17,18)11-5-4-8-15-9-11/h2-10,16H,1H3. The fraction of sp³-hybridized carbons (Fsp3) is 0.154. The second-order valence-corrected chi connectivity index (χ2v) is 6.33. The van der Waals surface area contributed by atoms with E-state index in [4.69, 9.17) is 11.6 Å². The topological polar surface area (TPSA) is 59.1 Å². The van der Waals surface area contributed by atoms with Gasteiger partial charge in [-0.3, -0.25) is 9.71 Å². The summed E-state index contributed by atoms with van der Waals surface area (Å²) in [6.45, 7) is 1.79. The molecule has 0 aliphatic heterocycles. The van der Waals surface area contributed by atoms with E-state index in [9.17, 15) is 8.42 Å². The summed E-state index contributed by atoms with van der Waals surface area (Å²) in [4.78, 5) is 3.92. The summed E-state index contributed by atoms with van der Waals surface area (Å²) in [6, 6.07) is 10.1. The third kappa shape index (κ3) is 3.24. The number of nitrogens with zero attached hydrogens (tertiary/aromatic N) is 1. The van der Waals surface area contributed by atoms with Gasteiger partial charge in [-0.15, -0.1) is 11.6 Å². The maximum Gasteiger partial charge on any atom is 0.263 e. The van der Waals surface area contributed by atoms with Crippen molar-refractivity contribution in [3.63, 3.8) is 0 Å². The molecule has 1 atom stereocenters. The van der Waals surface area contributed by atoms with Gasteiger partial charge in [-0.05, 0) is 30.7 Å². The highest BCUT2D eigenvalue weighted by atomic mass is 35.5. The van der Waals surface area contributed by atoms with Crippen LogP contribution in [0.15, 0.2) is 53.7 Å². The minimum Gasteiger partial charge on any atom is -0.279 e. The third-order valence-corrected chi connectivity index (χ3v) is 4.16. The number of pyridine rings is 1. The molecule has 6 heteroatoms. The smallest absolute Gasteiger partial charge is 0.263 e. The van der Waals surface area contributed by atoms with Crippen molar-refractivity contribution >= 4 is 27.3 Å². The lowest BCUT2D eigenvalue weighted by Crippen LogP contribution is -2.14. The minimum absolute atomic E-state index is 0.118. The van der Waals surface area contributed by atoms with Crippen LogP contribution in [0.25, 0.3) is 0 Å². The molecular formula is C13H13ClN2O2S. The van der Waals surface area contributed by atoms with Crippen LogP contribution in [0.3, 0.4) is 0 Å². The summed E-state index contributed by atoms with van der Waals surface area (Å²) in [5.41, 5.74) is 1.21. The van der Waals surface area contributed by atoms with Gasteiger partial charge in [-0.25, -0.2) is 8.42 Å². The summed E-state index contributed by atoms with van der Waals surface area (Å²) in [5, 5.41) is -0.284. The van der Waals surface area contributed by atoms with Crippen molar-refractivity contribution in [1.82, 2.24) is 4.98 Å². The van der Waals surface area contributed by atoms with Crippen molar-refractivity contribution < 1.29 is 8.42 Å². The minimum atomic E-state index is -3.64. The van der Waals surface area contributed by atoms with Gasteiger partial charge in [0.25, 0.3) is 10.0 Å². The molecule has 0 saturated carbocycles. The van der Waals surface area contributed by atoms with Crippen LogP contribution in [-0.4, -0.2) is 13.4 Å². The number of benzene rings is 1. The quantitative estimate of drug-likeness (QED) is 0.882. The largest absolute Gasteiger partial charge is 0.279 e. The fourth-order valence-corrected chi connectivity index (χ4v) is 2.89. The molecule has 1 aromatic heterocycles. The normalized spacial score (nSPS) is 12.9. The Morgan fingerprint density at radius 1 is 1.21 bits per heavy atom. The maximum atomic E-state index is 12.2. The first-order valence-corrected chi connectivity index (χ1v) is 7.58. The van der Waals surface area contributed by atoms with Gasteiger partial charge >= 0.3 is 0 Å². The molecule has 19 heavy (non-hydrogen) atoms. The van der Waals surface area contributed by atoms with Crippen molar-refractivity contribution in [3.05, 3.63) is 54.4 Å². The molecule has 2 aromatic rings. The average Bonchev–Trinajstić information content (AvgIpc) is 2.39. The maximum absolute atomic E-state index is 12.2. The predicted molar refractivity (Wildman–Crippen MR) is 75.8 cm³/mol. The van der Waals surface area contributed by atoms with Gasteiger partial charge in [-0.2, -0.15) is 0 Å². The SMILES string of the molecule is CC(Cl)c1ccccc1NS(=O)(=O)c1cccnc1. The fourth-order valence-electron chi connectivity index (χ4n) is 1.65. The zero-order valence-corrected chi connectivity index (χ0v) is 11.8. The Labute approximate surface area is 117 Å². The Hall–Kier alpha value is -1.59. The van der Waals surface area contributed by atoms with E-state index < -0.39 is 10.0 Å². The molecule has 0 aliphatic rings. The zero-order valence-electron chi connectivity index (χ0n) is 10.2. The highest BCUT2D eigenvalue weighted by molar-refractivity contribution is 7.92. The number of rotatable bonds is 4. The molecule has 0 aliphatic carbocycles. The number of alkyl halides is 1. The number of hydrogen-bond acceptors (Lipinski definition) is 3. The van der Waals surface area contributed by atoms with Crippen LogP contribution in [0.2, 0.25) is 0 Å². The number of aromatic nitrogens is 1. The van der Waals surface area contributed by atoms with Crippen LogP contribution in [0.1, 0.15) is 17.9 Å². The second kappa shape index (κ2) is 5.59. The van der Waals surface area contributed by atoms with E-state index in [-0.39, 0.29) is 10.3 Å². The molecule has 0 bridgehead atoms. The van der Waals surface area contributed by atoms with Crippen molar-refractivity contribution in [3.8, 4) is 0 Å². The summed E-state index contributed by atoms with van der Waals surface area (Å²) in [7, 11) is -3.64. The average molecular weight is 297 g/mol. The van der Waals surface area contributed by atoms with Crippen LogP contribution in [-0.2, 0) is 10.0 Å². The monoisotopic (exact) mass is 296 g/mol. The predicted octanol–water partition coefficient (Wildman–Crippen LogP) is 3.18. The van der Waals surface area contributed by atoms with E-state index in [1.165, 1.54) is 18.5 Å². The van der Waals surface area contributed by atoms with E-state index >= 15 is 0 Å². The van der Waals surface area contributed by atoms with Crippen LogP contribution in [0.4, 0.5) is 5.69 Å². The molecule has 1 heterocycles. The van der Waals surface area contributed by atoms with Crippen LogP contribution in [0, 0.1) is 0 Å². The van der Waals surface area contributed by atoms with Gasteiger partial charge in [0.2, 0.25) is 0 Å². The third-order valence-electron chi connectivity index (χ3n) is 2.58. The Balaban J connectivity index is 2.37. The number of hydrogen-bond donors (Lipinski definition) is 1. The zero-order chi connectivity index (χ0) is 13.9. The lowest BCUT2D eigenvalue weighted by molar-refractivity contribution is 0.600. The number of nitrogens with one attached hydrogen (secondary N) is 1. The van der Waals surface area contributed by atoms with Crippen LogP contribution in [0.5, 0.6) is 0 Å². The van der Waals surface area contributed by atoms with E-state index in [1.54, 1.807) is 31.2 Å². The molecule has 1 unspecified atom stereocenters. The van der Waals surface area contributed by atoms with E-state index in [2.05, 4.69) is 9.71 Å². The molecule has 1 N–H and O–H groups in total. The molecule has 0 spiro atoms. The van der Waals surface area contributed by atoms with Crippen LogP contribution >= 0.6 is 11.6 Å². The molecule has 0 radical (unpaired) electrons. The highest BCUT2D eigenvalue weighted by Crippen LogP contribution is 2.28. The summed E-state index contributed by atoms with van der Waals surface area (Å²) >= 11 is 6.04. The summed E-state index contributed by atoms with van der Waals surface area (Å²) in [5.74, 6) is 0. The number of sulfonamides is 1. The van der Waals surface area contributed by atoms with Crippen LogP contribution < -0.4 is 4.72 Å². The lowest BCUT2D eigenvalue weighted by atomic mass is 10.1. The van der Waals surface area contributed by atoms with Gasteiger partial charge < -0.3 is 0 Å². The van der Waals surface area contributed by atoms with E-state index in [1.807, 2.05) is 6.07 Å². The Morgan fingerprint density at radius 2 is 1.95 bits per heavy atom. The van der Waals surface area contributed by atoms with Crippen molar-refractivity contribution in [1.29, 1.82) is 0 Å².